The summed E-state index contributed by atoms with van der Waals surface area (Å²) >= 11 is 3.32. The Morgan fingerprint density at radius 1 is 1.27 bits per heavy atom. The Kier molecular flexibility index (Phi) is 5.00. The molecule has 0 saturated heterocycles. The van der Waals surface area contributed by atoms with Gasteiger partial charge in [0.2, 0.25) is 0 Å². The van der Waals surface area contributed by atoms with E-state index in [2.05, 4.69) is 26.5 Å². The molecule has 2 aromatic carbocycles. The summed E-state index contributed by atoms with van der Waals surface area (Å²) in [5.41, 5.74) is 3.75. The Labute approximate surface area is 135 Å². The molecule has 0 radical (unpaired) electrons. The fourth-order valence-corrected chi connectivity index (χ4v) is 1.99. The van der Waals surface area contributed by atoms with E-state index >= 15 is 0 Å². The van der Waals surface area contributed by atoms with Crippen molar-refractivity contribution in [1.82, 2.24) is 5.43 Å². The van der Waals surface area contributed by atoms with E-state index < -0.39 is 10.8 Å². The number of hydrogen-bond acceptors (Lipinski definition) is 4. The van der Waals surface area contributed by atoms with E-state index in [-0.39, 0.29) is 11.3 Å². The molecule has 0 heterocycles. The molecule has 0 aliphatic carbocycles. The topological polar surface area (TPSA) is 84.6 Å². The van der Waals surface area contributed by atoms with Gasteiger partial charge in [0, 0.05) is 21.7 Å². The lowest BCUT2D eigenvalue weighted by atomic mass is 10.1. The molecule has 0 fully saturated rings. The van der Waals surface area contributed by atoms with Crippen molar-refractivity contribution in [1.29, 1.82) is 0 Å². The second-order valence-electron chi connectivity index (χ2n) is 4.51. The fourth-order valence-electron chi connectivity index (χ4n) is 1.73. The number of hydrogen-bond donors (Lipinski definition) is 1. The van der Waals surface area contributed by atoms with E-state index in [1.807, 2.05) is 24.3 Å². The van der Waals surface area contributed by atoms with E-state index in [0.29, 0.717) is 5.56 Å². The van der Waals surface area contributed by atoms with Gasteiger partial charge in [0.1, 0.15) is 0 Å². The molecule has 7 heteroatoms. The number of amides is 1. The number of aryl methyl sites for hydroxylation is 1. The molecule has 22 heavy (non-hydrogen) atoms. The van der Waals surface area contributed by atoms with Crippen molar-refractivity contribution in [3.05, 3.63) is 73.7 Å². The number of carbonyl (C=O) groups is 1. The first kappa shape index (κ1) is 15.8. The zero-order valence-electron chi connectivity index (χ0n) is 11.6. The highest BCUT2D eigenvalue weighted by Crippen LogP contribution is 2.19. The van der Waals surface area contributed by atoms with Gasteiger partial charge < -0.3 is 0 Å². The van der Waals surface area contributed by atoms with Gasteiger partial charge in [0.15, 0.2) is 0 Å². The minimum absolute atomic E-state index is 0.0930. The highest BCUT2D eigenvalue weighted by atomic mass is 79.9. The van der Waals surface area contributed by atoms with Crippen LogP contribution in [-0.2, 0) is 0 Å². The Morgan fingerprint density at radius 3 is 2.59 bits per heavy atom. The molecule has 0 unspecified atom stereocenters. The summed E-state index contributed by atoms with van der Waals surface area (Å²) in [5.74, 6) is -0.503. The van der Waals surface area contributed by atoms with Crippen molar-refractivity contribution >= 4 is 33.7 Å². The van der Waals surface area contributed by atoms with Crippen LogP contribution >= 0.6 is 15.9 Å². The molecular weight excluding hydrogens is 350 g/mol. The Morgan fingerprint density at radius 2 is 1.95 bits per heavy atom. The third kappa shape index (κ3) is 3.98. The SMILES string of the molecule is Cc1ccc(C(=O)N/N=C\c2ccc(Br)cc2)cc1[N+](=O)[O-]. The molecule has 1 N–H and O–H groups in total. The third-order valence-electron chi connectivity index (χ3n) is 2.92. The van der Waals surface area contributed by atoms with Crippen molar-refractivity contribution < 1.29 is 9.72 Å². The van der Waals surface area contributed by atoms with Gasteiger partial charge in [0.05, 0.1) is 11.1 Å². The number of carbonyl (C=O) groups excluding carboxylic acids is 1. The Hall–Kier alpha value is -2.54. The van der Waals surface area contributed by atoms with Crippen LogP contribution < -0.4 is 5.43 Å². The maximum atomic E-state index is 11.9. The van der Waals surface area contributed by atoms with E-state index in [9.17, 15) is 14.9 Å². The number of nitro benzene ring substituents is 1. The van der Waals surface area contributed by atoms with Gasteiger partial charge in [0.25, 0.3) is 11.6 Å². The Balaban J connectivity index is 2.08. The second kappa shape index (κ2) is 6.95. The highest BCUT2D eigenvalue weighted by molar-refractivity contribution is 9.10. The summed E-state index contributed by atoms with van der Waals surface area (Å²) in [6.07, 6.45) is 1.49. The molecule has 2 rings (SSSR count). The van der Waals surface area contributed by atoms with Gasteiger partial charge in [-0.25, -0.2) is 5.43 Å². The molecule has 0 aromatic heterocycles. The molecule has 0 aliphatic heterocycles. The number of hydrazone groups is 1. The monoisotopic (exact) mass is 361 g/mol. The summed E-state index contributed by atoms with van der Waals surface area (Å²) in [6, 6.07) is 11.7. The number of halogens is 1. The first-order valence-corrected chi connectivity index (χ1v) is 7.10. The van der Waals surface area contributed by atoms with Crippen LogP contribution in [0.15, 0.2) is 52.0 Å². The van der Waals surface area contributed by atoms with Crippen LogP contribution in [-0.4, -0.2) is 17.0 Å². The first-order chi connectivity index (χ1) is 10.5. The van der Waals surface area contributed by atoms with Crippen LogP contribution in [0.25, 0.3) is 0 Å². The number of nitro groups is 1. The van der Waals surface area contributed by atoms with Crippen LogP contribution in [0.2, 0.25) is 0 Å². The van der Waals surface area contributed by atoms with Crippen LogP contribution in [0.4, 0.5) is 5.69 Å². The summed E-state index contributed by atoms with van der Waals surface area (Å²) in [5, 5.41) is 14.7. The molecule has 2 aromatic rings. The summed E-state index contributed by atoms with van der Waals surface area (Å²) in [7, 11) is 0. The predicted molar refractivity (Wildman–Crippen MR) is 87.0 cm³/mol. The summed E-state index contributed by atoms with van der Waals surface area (Å²) < 4.78 is 0.945. The maximum Gasteiger partial charge on any atom is 0.273 e. The molecule has 0 saturated carbocycles. The van der Waals surface area contributed by atoms with Crippen molar-refractivity contribution in [3.63, 3.8) is 0 Å². The van der Waals surface area contributed by atoms with Crippen LogP contribution in [0.1, 0.15) is 21.5 Å². The molecule has 112 valence electrons. The fraction of sp³-hybridized carbons (Fsp3) is 0.0667. The van der Waals surface area contributed by atoms with Crippen LogP contribution in [0.5, 0.6) is 0 Å². The lowest BCUT2D eigenvalue weighted by molar-refractivity contribution is -0.385. The van der Waals surface area contributed by atoms with E-state index in [1.165, 1.54) is 24.4 Å². The minimum atomic E-state index is -0.517. The minimum Gasteiger partial charge on any atom is -0.267 e. The zero-order valence-corrected chi connectivity index (χ0v) is 13.2. The molecule has 0 aliphatic rings. The highest BCUT2D eigenvalue weighted by Gasteiger charge is 2.14. The van der Waals surface area contributed by atoms with Gasteiger partial charge in [-0.2, -0.15) is 5.10 Å². The lowest BCUT2D eigenvalue weighted by Crippen LogP contribution is -2.17. The maximum absolute atomic E-state index is 11.9. The van der Waals surface area contributed by atoms with E-state index in [1.54, 1.807) is 6.92 Å². The average Bonchev–Trinajstić information content (AvgIpc) is 2.49. The summed E-state index contributed by atoms with van der Waals surface area (Å²) in [4.78, 5) is 22.3. The van der Waals surface area contributed by atoms with E-state index in [0.717, 1.165) is 10.0 Å². The van der Waals surface area contributed by atoms with Crippen molar-refractivity contribution in [2.24, 2.45) is 5.10 Å². The number of benzene rings is 2. The number of nitrogens with one attached hydrogen (secondary N) is 1. The van der Waals surface area contributed by atoms with Gasteiger partial charge in [-0.1, -0.05) is 34.1 Å². The normalized spacial score (nSPS) is 10.6. The second-order valence-corrected chi connectivity index (χ2v) is 5.42. The standard InChI is InChI=1S/C15H12BrN3O3/c1-10-2-5-12(8-14(10)19(21)22)15(20)18-17-9-11-3-6-13(16)7-4-11/h2-9H,1H3,(H,18,20)/b17-9-. The van der Waals surface area contributed by atoms with E-state index in [4.69, 9.17) is 0 Å². The molecule has 1 amide bonds. The number of nitrogens with zero attached hydrogens (tertiary/aromatic N) is 2. The quantitative estimate of drug-likeness (QED) is 0.514. The van der Waals surface area contributed by atoms with Gasteiger partial charge in [-0.3, -0.25) is 14.9 Å². The van der Waals surface area contributed by atoms with Gasteiger partial charge in [-0.15, -0.1) is 0 Å². The smallest absolute Gasteiger partial charge is 0.267 e. The van der Waals surface area contributed by atoms with Crippen LogP contribution in [0.3, 0.4) is 0 Å². The van der Waals surface area contributed by atoms with Crippen molar-refractivity contribution in [3.8, 4) is 0 Å². The first-order valence-electron chi connectivity index (χ1n) is 6.31. The largest absolute Gasteiger partial charge is 0.273 e. The predicted octanol–water partition coefficient (Wildman–Crippen LogP) is 3.43. The number of rotatable bonds is 4. The zero-order chi connectivity index (χ0) is 16.1. The Bertz CT molecular complexity index is 742. The van der Waals surface area contributed by atoms with Crippen molar-refractivity contribution in [2.75, 3.05) is 0 Å². The molecule has 0 atom stereocenters. The van der Waals surface area contributed by atoms with Gasteiger partial charge in [-0.05, 0) is 30.7 Å². The molecular formula is C15H12BrN3O3. The molecule has 6 nitrogen and oxygen atoms in total. The lowest BCUT2D eigenvalue weighted by Gasteiger charge is -2.02. The average molecular weight is 362 g/mol. The summed E-state index contributed by atoms with van der Waals surface area (Å²) in [6.45, 7) is 1.62. The third-order valence-corrected chi connectivity index (χ3v) is 3.45. The molecule has 0 spiro atoms. The van der Waals surface area contributed by atoms with Crippen molar-refractivity contribution in [2.45, 2.75) is 6.92 Å². The molecule has 0 bridgehead atoms. The van der Waals surface area contributed by atoms with Crippen LogP contribution in [0, 0.1) is 17.0 Å². The van der Waals surface area contributed by atoms with Gasteiger partial charge >= 0.3 is 0 Å².